The van der Waals surface area contributed by atoms with Crippen LogP contribution in [0.2, 0.25) is 5.02 Å². The molecule has 6 heteroatoms. The second-order valence-corrected chi connectivity index (χ2v) is 6.24. The van der Waals surface area contributed by atoms with Gasteiger partial charge in [0.2, 0.25) is 0 Å². The quantitative estimate of drug-likeness (QED) is 0.839. The third kappa shape index (κ3) is 2.40. The fraction of sp³-hybridized carbons (Fsp3) is 0.571. The van der Waals surface area contributed by atoms with Gasteiger partial charge in [-0.3, -0.25) is 0 Å². The molecule has 1 saturated carbocycles. The molecule has 0 heterocycles. The van der Waals surface area contributed by atoms with Crippen molar-refractivity contribution in [3.05, 3.63) is 16.9 Å². The molecule has 20 heavy (non-hydrogen) atoms. The number of anilines is 3. The Morgan fingerprint density at radius 2 is 1.85 bits per heavy atom. The van der Waals surface area contributed by atoms with Crippen molar-refractivity contribution in [3.63, 3.8) is 0 Å². The summed E-state index contributed by atoms with van der Waals surface area (Å²) in [6.45, 7) is 0.710. The Morgan fingerprint density at radius 1 is 1.25 bits per heavy atom. The van der Waals surface area contributed by atoms with Crippen LogP contribution in [0.4, 0.5) is 21.5 Å². The molecular weight excluding hydrogens is 279 g/mol. The van der Waals surface area contributed by atoms with Crippen molar-refractivity contribution in [2.45, 2.75) is 24.8 Å². The van der Waals surface area contributed by atoms with Crippen molar-refractivity contribution in [3.8, 4) is 0 Å². The molecule has 1 fully saturated rings. The molecule has 1 aromatic rings. The highest BCUT2D eigenvalue weighted by atomic mass is 35.5. The molecule has 4 N–H and O–H groups in total. The summed E-state index contributed by atoms with van der Waals surface area (Å²) in [5, 5.41) is -0.0615. The number of rotatable bonds is 4. The number of nitrogens with zero attached hydrogens (tertiary/aromatic N) is 2. The second kappa shape index (κ2) is 5.30. The monoisotopic (exact) mass is 300 g/mol. The van der Waals surface area contributed by atoms with Crippen molar-refractivity contribution in [2.24, 2.45) is 0 Å². The number of hydrogen-bond donors (Lipinski definition) is 2. The third-order valence-electron chi connectivity index (χ3n) is 4.38. The zero-order valence-electron chi connectivity index (χ0n) is 12.2. The Hall–Kier alpha value is -1.20. The standard InChI is InChI=1S/C14H22ClFN4/c1-19(2)14(5-4-6-14)8-20(3)13-10(18)7-9(17)11(15)12(13)16/h7H,4-6,8,17-18H2,1-3H3. The van der Waals surface area contributed by atoms with Gasteiger partial charge in [-0.05, 0) is 39.4 Å². The van der Waals surface area contributed by atoms with Crippen LogP contribution in [0.25, 0.3) is 0 Å². The molecule has 112 valence electrons. The maximum Gasteiger partial charge on any atom is 0.169 e. The van der Waals surface area contributed by atoms with Crippen molar-refractivity contribution < 1.29 is 4.39 Å². The van der Waals surface area contributed by atoms with Crippen LogP contribution >= 0.6 is 11.6 Å². The molecule has 0 aliphatic heterocycles. The van der Waals surface area contributed by atoms with Gasteiger partial charge in [-0.1, -0.05) is 11.6 Å². The summed E-state index contributed by atoms with van der Waals surface area (Å²) in [5.74, 6) is -0.542. The van der Waals surface area contributed by atoms with E-state index in [-0.39, 0.29) is 16.2 Å². The summed E-state index contributed by atoms with van der Waals surface area (Å²) in [6, 6.07) is 1.51. The van der Waals surface area contributed by atoms with Crippen LogP contribution in [0.3, 0.4) is 0 Å². The van der Waals surface area contributed by atoms with Crippen LogP contribution in [0.5, 0.6) is 0 Å². The first-order chi connectivity index (χ1) is 9.28. The van der Waals surface area contributed by atoms with Crippen molar-refractivity contribution in [1.82, 2.24) is 4.90 Å². The molecular formula is C14H22ClFN4. The minimum absolute atomic E-state index is 0.0615. The van der Waals surface area contributed by atoms with Crippen LogP contribution in [0.15, 0.2) is 6.07 Å². The van der Waals surface area contributed by atoms with Gasteiger partial charge in [-0.25, -0.2) is 4.39 Å². The highest BCUT2D eigenvalue weighted by Crippen LogP contribution is 2.40. The largest absolute Gasteiger partial charge is 0.397 e. The van der Waals surface area contributed by atoms with Crippen LogP contribution in [-0.2, 0) is 0 Å². The minimum Gasteiger partial charge on any atom is -0.397 e. The molecule has 0 saturated heterocycles. The van der Waals surface area contributed by atoms with E-state index in [9.17, 15) is 4.39 Å². The lowest BCUT2D eigenvalue weighted by Crippen LogP contribution is -2.57. The Kier molecular flexibility index (Phi) is 4.02. The summed E-state index contributed by atoms with van der Waals surface area (Å²) < 4.78 is 14.3. The fourth-order valence-corrected chi connectivity index (χ4v) is 3.04. The van der Waals surface area contributed by atoms with Gasteiger partial charge in [0.05, 0.1) is 17.1 Å². The zero-order valence-corrected chi connectivity index (χ0v) is 13.0. The molecule has 0 atom stereocenters. The van der Waals surface area contributed by atoms with E-state index in [1.165, 1.54) is 12.5 Å². The SMILES string of the molecule is CN(CC1(N(C)C)CCC1)c1c(N)cc(N)c(Cl)c1F. The Labute approximate surface area is 124 Å². The van der Waals surface area contributed by atoms with E-state index in [1.807, 2.05) is 11.9 Å². The molecule has 4 nitrogen and oxygen atoms in total. The number of nitrogen functional groups attached to an aromatic ring is 2. The van der Waals surface area contributed by atoms with Gasteiger partial charge in [0.25, 0.3) is 0 Å². The van der Waals surface area contributed by atoms with E-state index in [1.54, 1.807) is 0 Å². The minimum atomic E-state index is -0.542. The van der Waals surface area contributed by atoms with Crippen LogP contribution in [-0.4, -0.2) is 38.1 Å². The maximum absolute atomic E-state index is 14.3. The topological polar surface area (TPSA) is 58.5 Å². The van der Waals surface area contributed by atoms with Crippen LogP contribution in [0.1, 0.15) is 19.3 Å². The summed E-state index contributed by atoms with van der Waals surface area (Å²) >= 11 is 5.89. The Morgan fingerprint density at radius 3 is 2.30 bits per heavy atom. The predicted molar refractivity (Wildman–Crippen MR) is 83.8 cm³/mol. The van der Waals surface area contributed by atoms with E-state index in [0.29, 0.717) is 17.9 Å². The molecule has 0 spiro atoms. The van der Waals surface area contributed by atoms with E-state index in [4.69, 9.17) is 23.1 Å². The molecule has 0 aromatic heterocycles. The Bertz CT molecular complexity index is 514. The average molecular weight is 301 g/mol. The summed E-state index contributed by atoms with van der Waals surface area (Å²) in [7, 11) is 5.95. The van der Waals surface area contributed by atoms with Gasteiger partial charge < -0.3 is 21.3 Å². The van der Waals surface area contributed by atoms with Crippen LogP contribution < -0.4 is 16.4 Å². The molecule has 1 aromatic carbocycles. The number of hydrogen-bond acceptors (Lipinski definition) is 4. The first-order valence-corrected chi connectivity index (χ1v) is 7.08. The molecule has 0 unspecified atom stereocenters. The molecule has 1 aliphatic carbocycles. The summed E-state index contributed by atoms with van der Waals surface area (Å²) in [6.07, 6.45) is 3.41. The van der Waals surface area contributed by atoms with Crippen LogP contribution in [0, 0.1) is 5.82 Å². The molecule has 0 bridgehead atoms. The highest BCUT2D eigenvalue weighted by molar-refractivity contribution is 6.33. The van der Waals surface area contributed by atoms with E-state index < -0.39 is 5.82 Å². The second-order valence-electron chi connectivity index (χ2n) is 5.86. The van der Waals surface area contributed by atoms with Gasteiger partial charge in [0.1, 0.15) is 5.02 Å². The molecule has 2 rings (SSSR count). The van der Waals surface area contributed by atoms with Gasteiger partial charge in [-0.2, -0.15) is 0 Å². The molecule has 0 radical (unpaired) electrons. The first-order valence-electron chi connectivity index (χ1n) is 6.70. The maximum atomic E-state index is 14.3. The fourth-order valence-electron chi connectivity index (χ4n) is 2.90. The lowest BCUT2D eigenvalue weighted by Gasteiger charge is -2.49. The number of likely N-dealkylation sites (N-methyl/N-ethyl adjacent to an activating group) is 2. The van der Waals surface area contributed by atoms with Crippen molar-refractivity contribution in [2.75, 3.05) is 44.1 Å². The van der Waals surface area contributed by atoms with Gasteiger partial charge in [0.15, 0.2) is 5.82 Å². The van der Waals surface area contributed by atoms with Crippen molar-refractivity contribution in [1.29, 1.82) is 0 Å². The summed E-state index contributed by atoms with van der Waals surface area (Å²) in [5.41, 5.74) is 12.4. The zero-order chi connectivity index (χ0) is 15.1. The lowest BCUT2D eigenvalue weighted by molar-refractivity contribution is 0.0682. The van der Waals surface area contributed by atoms with E-state index in [0.717, 1.165) is 12.8 Å². The first kappa shape index (κ1) is 15.2. The smallest absolute Gasteiger partial charge is 0.169 e. The van der Waals surface area contributed by atoms with Crippen molar-refractivity contribution >= 4 is 28.7 Å². The molecule has 0 amide bonds. The predicted octanol–water partition coefficient (Wildman–Crippen LogP) is 2.56. The molecule has 1 aliphatic rings. The number of halogens is 2. The van der Waals surface area contributed by atoms with E-state index >= 15 is 0 Å². The van der Waals surface area contributed by atoms with Gasteiger partial charge in [-0.15, -0.1) is 0 Å². The van der Waals surface area contributed by atoms with Gasteiger partial charge >= 0.3 is 0 Å². The Balaban J connectivity index is 2.30. The van der Waals surface area contributed by atoms with E-state index in [2.05, 4.69) is 19.0 Å². The highest BCUT2D eigenvalue weighted by Gasteiger charge is 2.40. The lowest BCUT2D eigenvalue weighted by atomic mass is 9.75. The average Bonchev–Trinajstić information content (AvgIpc) is 2.30. The number of nitrogens with two attached hydrogens (primary N) is 2. The van der Waals surface area contributed by atoms with Gasteiger partial charge in [0, 0.05) is 19.1 Å². The normalized spacial score (nSPS) is 17.1. The summed E-state index contributed by atoms with van der Waals surface area (Å²) in [4.78, 5) is 4.05. The number of benzene rings is 1. The third-order valence-corrected chi connectivity index (χ3v) is 4.77.